The summed E-state index contributed by atoms with van der Waals surface area (Å²) in [5, 5.41) is -0.722. The van der Waals surface area contributed by atoms with E-state index in [0.29, 0.717) is 19.4 Å². The summed E-state index contributed by atoms with van der Waals surface area (Å²) in [6.45, 7) is 0.418. The molecule has 0 unspecified atom stereocenters. The first-order valence-corrected chi connectivity index (χ1v) is 4.00. The molecule has 4 nitrogen and oxygen atoms in total. The first-order valence-electron chi connectivity index (χ1n) is 3.63. The van der Waals surface area contributed by atoms with E-state index in [2.05, 4.69) is 0 Å². The lowest BCUT2D eigenvalue weighted by atomic mass is 10.4. The first-order chi connectivity index (χ1) is 5.61. The van der Waals surface area contributed by atoms with Crippen molar-refractivity contribution >= 4 is 28.7 Å². The molecule has 5 heteroatoms. The number of amides is 2. The van der Waals surface area contributed by atoms with Crippen molar-refractivity contribution < 1.29 is 14.4 Å². The predicted molar refractivity (Wildman–Crippen MR) is 41.4 cm³/mol. The van der Waals surface area contributed by atoms with Gasteiger partial charge in [0, 0.05) is 13.0 Å². The lowest BCUT2D eigenvalue weighted by molar-refractivity contribution is -0.142. The Hall–Kier alpha value is -0.900. The van der Waals surface area contributed by atoms with Crippen LogP contribution in [0.3, 0.4) is 0 Å². The van der Waals surface area contributed by atoms with Gasteiger partial charge in [-0.2, -0.15) is 0 Å². The molecule has 2 amide bonds. The van der Waals surface area contributed by atoms with Crippen LogP contribution in [0.4, 0.5) is 0 Å². The van der Waals surface area contributed by atoms with Crippen LogP contribution < -0.4 is 0 Å². The van der Waals surface area contributed by atoms with E-state index in [1.165, 1.54) is 0 Å². The molecule has 0 N–H and O–H groups in total. The molecule has 0 aromatic heterocycles. The molecule has 0 radical (unpaired) electrons. The molecule has 12 heavy (non-hydrogen) atoms. The van der Waals surface area contributed by atoms with Gasteiger partial charge in [-0.1, -0.05) is 0 Å². The van der Waals surface area contributed by atoms with Gasteiger partial charge >= 0.3 is 0 Å². The second kappa shape index (κ2) is 3.67. The van der Waals surface area contributed by atoms with E-state index >= 15 is 0 Å². The normalized spacial score (nSPS) is 16.8. The average Bonchev–Trinajstić information content (AvgIpc) is 2.33. The van der Waals surface area contributed by atoms with Crippen LogP contribution in [0.15, 0.2) is 0 Å². The van der Waals surface area contributed by atoms with Crippen LogP contribution in [0.25, 0.3) is 0 Å². The number of imide groups is 1. The number of hydrogen-bond acceptors (Lipinski definition) is 3. The summed E-state index contributed by atoms with van der Waals surface area (Å²) >= 11 is 5.00. The Bertz CT molecular complexity index is 239. The maximum Gasteiger partial charge on any atom is 0.237 e. The minimum atomic E-state index is -0.722. The molecule has 0 aromatic carbocycles. The second-order valence-corrected chi connectivity index (χ2v) is 3.00. The number of carbonyl (C=O) groups is 3. The van der Waals surface area contributed by atoms with Crippen molar-refractivity contribution in [3.8, 4) is 0 Å². The van der Waals surface area contributed by atoms with E-state index in [0.717, 1.165) is 4.90 Å². The molecule has 0 atom stereocenters. The summed E-state index contributed by atoms with van der Waals surface area (Å²) in [5.41, 5.74) is 0. The molecule has 0 saturated carbocycles. The Morgan fingerprint density at radius 1 is 1.50 bits per heavy atom. The fraction of sp³-hybridized carbons (Fsp3) is 0.571. The minimum Gasteiger partial charge on any atom is -0.282 e. The fourth-order valence-electron chi connectivity index (χ4n) is 1.13. The van der Waals surface area contributed by atoms with E-state index in [-0.39, 0.29) is 12.3 Å². The summed E-state index contributed by atoms with van der Waals surface area (Å²) in [5.74, 6) is -0.699. The molecule has 1 heterocycles. The highest BCUT2D eigenvalue weighted by Gasteiger charge is 2.26. The third-order valence-electron chi connectivity index (χ3n) is 1.66. The zero-order valence-electron chi connectivity index (χ0n) is 6.38. The van der Waals surface area contributed by atoms with Gasteiger partial charge in [0.15, 0.2) is 0 Å². The summed E-state index contributed by atoms with van der Waals surface area (Å²) < 4.78 is 0. The Balaban J connectivity index is 2.52. The van der Waals surface area contributed by atoms with Gasteiger partial charge in [0.25, 0.3) is 0 Å². The average molecular weight is 190 g/mol. The van der Waals surface area contributed by atoms with Crippen LogP contribution in [-0.2, 0) is 14.4 Å². The molecule has 0 aliphatic carbocycles. The van der Waals surface area contributed by atoms with Gasteiger partial charge in [-0.25, -0.2) is 0 Å². The largest absolute Gasteiger partial charge is 0.282 e. The zero-order chi connectivity index (χ0) is 9.14. The van der Waals surface area contributed by atoms with E-state index in [1.807, 2.05) is 0 Å². The van der Waals surface area contributed by atoms with E-state index in [1.54, 1.807) is 0 Å². The SMILES string of the molecule is O=C(Cl)CC(=O)N1CCCC1=O. The number of likely N-dealkylation sites (tertiary alicyclic amines) is 1. The van der Waals surface area contributed by atoms with Gasteiger partial charge in [-0.15, -0.1) is 0 Å². The Kier molecular flexibility index (Phi) is 2.81. The van der Waals surface area contributed by atoms with Gasteiger partial charge in [-0.05, 0) is 18.0 Å². The Morgan fingerprint density at radius 3 is 2.58 bits per heavy atom. The first kappa shape index (κ1) is 9.19. The number of nitrogens with zero attached hydrogens (tertiary/aromatic N) is 1. The highest BCUT2D eigenvalue weighted by Crippen LogP contribution is 2.11. The van der Waals surface area contributed by atoms with Gasteiger partial charge in [0.1, 0.15) is 6.42 Å². The lowest BCUT2D eigenvalue weighted by Crippen LogP contribution is -2.32. The molecule has 0 bridgehead atoms. The van der Waals surface area contributed by atoms with Crippen LogP contribution in [0.5, 0.6) is 0 Å². The van der Waals surface area contributed by atoms with Crippen molar-refractivity contribution in [1.29, 1.82) is 0 Å². The predicted octanol–water partition coefficient (Wildman–Crippen LogP) is 0.291. The van der Waals surface area contributed by atoms with E-state index < -0.39 is 11.1 Å². The highest BCUT2D eigenvalue weighted by atomic mass is 35.5. The maximum absolute atomic E-state index is 11.1. The summed E-state index contributed by atoms with van der Waals surface area (Å²) in [7, 11) is 0. The monoisotopic (exact) mass is 189 g/mol. The molecule has 0 aromatic rings. The van der Waals surface area contributed by atoms with Gasteiger partial charge < -0.3 is 0 Å². The second-order valence-electron chi connectivity index (χ2n) is 2.57. The number of rotatable bonds is 2. The summed E-state index contributed by atoms with van der Waals surface area (Å²) in [4.78, 5) is 33.4. The number of carbonyl (C=O) groups excluding carboxylic acids is 3. The quantitative estimate of drug-likeness (QED) is 0.464. The number of halogens is 1. The van der Waals surface area contributed by atoms with Crippen molar-refractivity contribution in [3.63, 3.8) is 0 Å². The lowest BCUT2D eigenvalue weighted by Gasteiger charge is -2.10. The third kappa shape index (κ3) is 2.04. The van der Waals surface area contributed by atoms with Crippen LogP contribution in [-0.4, -0.2) is 28.5 Å². The van der Waals surface area contributed by atoms with Crippen LogP contribution >= 0.6 is 11.6 Å². The molecular weight excluding hydrogens is 182 g/mol. The fourth-order valence-corrected chi connectivity index (χ4v) is 1.24. The van der Waals surface area contributed by atoms with Crippen molar-refractivity contribution in [2.75, 3.05) is 6.54 Å². The van der Waals surface area contributed by atoms with Gasteiger partial charge in [0.2, 0.25) is 17.1 Å². The minimum absolute atomic E-state index is 0.210. The topological polar surface area (TPSA) is 54.5 Å². The van der Waals surface area contributed by atoms with Gasteiger partial charge in [0.05, 0.1) is 0 Å². The van der Waals surface area contributed by atoms with Crippen LogP contribution in [0.2, 0.25) is 0 Å². The molecule has 1 aliphatic heterocycles. The molecule has 1 saturated heterocycles. The molecule has 1 rings (SSSR count). The van der Waals surface area contributed by atoms with Crippen LogP contribution in [0.1, 0.15) is 19.3 Å². The highest BCUT2D eigenvalue weighted by molar-refractivity contribution is 6.64. The maximum atomic E-state index is 11.1. The van der Waals surface area contributed by atoms with Crippen molar-refractivity contribution in [1.82, 2.24) is 4.90 Å². The summed E-state index contributed by atoms with van der Waals surface area (Å²) in [6, 6.07) is 0. The summed E-state index contributed by atoms with van der Waals surface area (Å²) in [6.07, 6.45) is 0.691. The molecule has 1 fully saturated rings. The van der Waals surface area contributed by atoms with Gasteiger partial charge in [-0.3, -0.25) is 19.3 Å². The van der Waals surface area contributed by atoms with Crippen molar-refractivity contribution in [3.05, 3.63) is 0 Å². The van der Waals surface area contributed by atoms with Crippen LogP contribution in [0, 0.1) is 0 Å². The van der Waals surface area contributed by atoms with E-state index in [4.69, 9.17) is 11.6 Å². The Morgan fingerprint density at radius 2 is 2.17 bits per heavy atom. The van der Waals surface area contributed by atoms with Crippen molar-refractivity contribution in [2.45, 2.75) is 19.3 Å². The molecule has 0 spiro atoms. The number of hydrogen-bond donors (Lipinski definition) is 0. The Labute approximate surface area is 74.5 Å². The molecular formula is C7H8ClNO3. The molecule has 1 aliphatic rings. The smallest absolute Gasteiger partial charge is 0.237 e. The van der Waals surface area contributed by atoms with E-state index in [9.17, 15) is 14.4 Å². The van der Waals surface area contributed by atoms with Crippen molar-refractivity contribution in [2.24, 2.45) is 0 Å². The standard InChI is InChI=1S/C7H8ClNO3/c8-5(10)4-7(12)9-3-1-2-6(9)11/h1-4H2. The zero-order valence-corrected chi connectivity index (χ0v) is 7.13. The molecule has 66 valence electrons. The third-order valence-corrected chi connectivity index (χ3v) is 1.80.